The van der Waals surface area contributed by atoms with E-state index >= 15 is 0 Å². The first-order valence-electron chi connectivity index (χ1n) is 6.63. The molecule has 0 aliphatic carbocycles. The lowest BCUT2D eigenvalue weighted by Gasteiger charge is -2.21. The highest BCUT2D eigenvalue weighted by molar-refractivity contribution is 5.32. The van der Waals surface area contributed by atoms with E-state index in [4.69, 9.17) is 5.73 Å². The van der Waals surface area contributed by atoms with Crippen LogP contribution in [0.4, 0.5) is 0 Å². The lowest BCUT2D eigenvalue weighted by atomic mass is 9.97. The summed E-state index contributed by atoms with van der Waals surface area (Å²) in [7, 11) is 0. The largest absolute Gasteiger partial charge is 0.324 e. The van der Waals surface area contributed by atoms with Crippen molar-refractivity contribution < 1.29 is 0 Å². The van der Waals surface area contributed by atoms with Crippen molar-refractivity contribution in [2.45, 2.75) is 40.2 Å². The van der Waals surface area contributed by atoms with Crippen LogP contribution < -0.4 is 5.73 Å². The third kappa shape index (κ3) is 4.14. The Morgan fingerprint density at radius 2 is 1.82 bits per heavy atom. The van der Waals surface area contributed by atoms with E-state index in [1.807, 2.05) is 0 Å². The molecule has 0 saturated heterocycles. The molecule has 96 valence electrons. The van der Waals surface area contributed by atoms with E-state index in [9.17, 15) is 0 Å². The lowest BCUT2D eigenvalue weighted by Crippen LogP contribution is -2.27. The van der Waals surface area contributed by atoms with Gasteiger partial charge in [0.25, 0.3) is 0 Å². The Hall–Kier alpha value is -0.860. The van der Waals surface area contributed by atoms with Crippen LogP contribution in [0.5, 0.6) is 0 Å². The summed E-state index contributed by atoms with van der Waals surface area (Å²) >= 11 is 0. The van der Waals surface area contributed by atoms with Crippen molar-refractivity contribution in [1.82, 2.24) is 4.90 Å². The summed E-state index contributed by atoms with van der Waals surface area (Å²) < 4.78 is 0. The second kappa shape index (κ2) is 6.77. The zero-order valence-electron chi connectivity index (χ0n) is 11.7. The lowest BCUT2D eigenvalue weighted by molar-refractivity contribution is 0.290. The molecule has 0 amide bonds. The van der Waals surface area contributed by atoms with Crippen molar-refractivity contribution in [3.05, 3.63) is 34.9 Å². The molecule has 2 heteroatoms. The van der Waals surface area contributed by atoms with Crippen LogP contribution in [0.1, 0.15) is 43.0 Å². The molecule has 0 bridgehead atoms. The van der Waals surface area contributed by atoms with E-state index in [1.165, 1.54) is 16.7 Å². The predicted molar refractivity (Wildman–Crippen MR) is 75.2 cm³/mol. The first kappa shape index (κ1) is 14.2. The summed E-state index contributed by atoms with van der Waals surface area (Å²) in [4.78, 5) is 2.42. The molecular formula is C15H26N2. The minimum atomic E-state index is 0.162. The predicted octanol–water partition coefficient (Wildman–Crippen LogP) is 3.04. The van der Waals surface area contributed by atoms with E-state index in [0.717, 1.165) is 26.1 Å². The fraction of sp³-hybridized carbons (Fsp3) is 0.600. The van der Waals surface area contributed by atoms with Gasteiger partial charge in [0.15, 0.2) is 0 Å². The second-order valence-electron chi connectivity index (χ2n) is 4.78. The molecule has 0 fully saturated rings. The molecule has 0 radical (unpaired) electrons. The van der Waals surface area contributed by atoms with Crippen LogP contribution in [0.25, 0.3) is 0 Å². The van der Waals surface area contributed by atoms with Gasteiger partial charge in [-0.2, -0.15) is 0 Å². The van der Waals surface area contributed by atoms with Gasteiger partial charge in [0, 0.05) is 6.04 Å². The first-order chi connectivity index (χ1) is 8.08. The van der Waals surface area contributed by atoms with Crippen LogP contribution in [-0.2, 0) is 0 Å². The molecular weight excluding hydrogens is 208 g/mol. The minimum absolute atomic E-state index is 0.162. The van der Waals surface area contributed by atoms with Crippen LogP contribution in [0.3, 0.4) is 0 Å². The average molecular weight is 234 g/mol. The van der Waals surface area contributed by atoms with Crippen molar-refractivity contribution in [2.24, 2.45) is 5.73 Å². The van der Waals surface area contributed by atoms with Gasteiger partial charge in [-0.15, -0.1) is 0 Å². The minimum Gasteiger partial charge on any atom is -0.324 e. The van der Waals surface area contributed by atoms with Crippen molar-refractivity contribution in [2.75, 3.05) is 19.6 Å². The Balaban J connectivity index is 2.63. The highest BCUT2D eigenvalue weighted by Gasteiger charge is 2.10. The number of nitrogens with two attached hydrogens (primary N) is 1. The summed E-state index contributed by atoms with van der Waals surface area (Å²) in [5.74, 6) is 0. The normalized spacial score (nSPS) is 13.1. The number of nitrogens with zero attached hydrogens (tertiary/aromatic N) is 1. The molecule has 0 aliphatic rings. The maximum absolute atomic E-state index is 6.30. The molecule has 1 unspecified atom stereocenters. The van der Waals surface area contributed by atoms with Crippen molar-refractivity contribution in [1.29, 1.82) is 0 Å². The SMILES string of the molecule is CCN(CC)CCC(N)c1cc(C)ccc1C. The highest BCUT2D eigenvalue weighted by Crippen LogP contribution is 2.20. The molecule has 0 spiro atoms. The number of hydrogen-bond donors (Lipinski definition) is 1. The molecule has 1 aromatic carbocycles. The number of benzene rings is 1. The molecule has 0 aromatic heterocycles. The Morgan fingerprint density at radius 1 is 1.18 bits per heavy atom. The summed E-state index contributed by atoms with van der Waals surface area (Å²) in [5.41, 5.74) is 10.2. The van der Waals surface area contributed by atoms with E-state index < -0.39 is 0 Å². The molecule has 0 heterocycles. The van der Waals surface area contributed by atoms with Gasteiger partial charge in [-0.25, -0.2) is 0 Å². The molecule has 0 aliphatic heterocycles. The van der Waals surface area contributed by atoms with Crippen molar-refractivity contribution in [3.63, 3.8) is 0 Å². The Bertz CT molecular complexity index is 343. The van der Waals surface area contributed by atoms with E-state index in [0.29, 0.717) is 0 Å². The van der Waals surface area contributed by atoms with Gasteiger partial charge in [-0.05, 0) is 51.0 Å². The van der Waals surface area contributed by atoms with Crippen molar-refractivity contribution >= 4 is 0 Å². The van der Waals surface area contributed by atoms with Gasteiger partial charge in [-0.3, -0.25) is 0 Å². The molecule has 0 saturated carbocycles. The molecule has 2 N–H and O–H groups in total. The zero-order valence-corrected chi connectivity index (χ0v) is 11.7. The van der Waals surface area contributed by atoms with Gasteiger partial charge in [0.05, 0.1) is 0 Å². The van der Waals surface area contributed by atoms with Crippen LogP contribution in [0.15, 0.2) is 18.2 Å². The molecule has 17 heavy (non-hydrogen) atoms. The van der Waals surface area contributed by atoms with E-state index in [2.05, 4.69) is 50.8 Å². The summed E-state index contributed by atoms with van der Waals surface area (Å²) in [6.45, 7) is 12.0. The van der Waals surface area contributed by atoms with Crippen LogP contribution in [0.2, 0.25) is 0 Å². The first-order valence-corrected chi connectivity index (χ1v) is 6.63. The Morgan fingerprint density at radius 3 is 2.41 bits per heavy atom. The molecule has 1 aromatic rings. The standard InChI is InChI=1S/C15H26N2/c1-5-17(6-2)10-9-15(16)14-11-12(3)7-8-13(14)4/h7-8,11,15H,5-6,9-10,16H2,1-4H3. The molecule has 2 nitrogen and oxygen atoms in total. The Labute approximate surface area is 106 Å². The Kier molecular flexibility index (Phi) is 5.66. The molecule has 1 atom stereocenters. The van der Waals surface area contributed by atoms with E-state index in [-0.39, 0.29) is 6.04 Å². The monoisotopic (exact) mass is 234 g/mol. The van der Waals surface area contributed by atoms with E-state index in [1.54, 1.807) is 0 Å². The fourth-order valence-corrected chi connectivity index (χ4v) is 2.18. The van der Waals surface area contributed by atoms with Gasteiger partial charge >= 0.3 is 0 Å². The maximum atomic E-state index is 6.30. The topological polar surface area (TPSA) is 29.3 Å². The quantitative estimate of drug-likeness (QED) is 0.819. The summed E-state index contributed by atoms with van der Waals surface area (Å²) in [6.07, 6.45) is 1.03. The maximum Gasteiger partial charge on any atom is 0.0309 e. The average Bonchev–Trinajstić information content (AvgIpc) is 2.33. The number of rotatable bonds is 6. The van der Waals surface area contributed by atoms with Crippen molar-refractivity contribution in [3.8, 4) is 0 Å². The van der Waals surface area contributed by atoms with Gasteiger partial charge in [0.1, 0.15) is 0 Å². The number of aryl methyl sites for hydroxylation is 2. The van der Waals surface area contributed by atoms with Gasteiger partial charge < -0.3 is 10.6 Å². The zero-order chi connectivity index (χ0) is 12.8. The molecule has 1 rings (SSSR count). The van der Waals surface area contributed by atoms with Crippen LogP contribution >= 0.6 is 0 Å². The smallest absolute Gasteiger partial charge is 0.0309 e. The van der Waals surface area contributed by atoms with Gasteiger partial charge in [0.2, 0.25) is 0 Å². The second-order valence-corrected chi connectivity index (χ2v) is 4.78. The highest BCUT2D eigenvalue weighted by atomic mass is 15.1. The third-order valence-electron chi connectivity index (χ3n) is 3.48. The van der Waals surface area contributed by atoms with Crippen LogP contribution in [-0.4, -0.2) is 24.5 Å². The number of hydrogen-bond acceptors (Lipinski definition) is 2. The fourth-order valence-electron chi connectivity index (χ4n) is 2.18. The summed E-state index contributed by atoms with van der Waals surface area (Å²) in [5, 5.41) is 0. The van der Waals surface area contributed by atoms with Gasteiger partial charge in [-0.1, -0.05) is 37.6 Å². The third-order valence-corrected chi connectivity index (χ3v) is 3.48. The van der Waals surface area contributed by atoms with Crippen LogP contribution in [0, 0.1) is 13.8 Å². The summed E-state index contributed by atoms with van der Waals surface area (Å²) in [6, 6.07) is 6.70.